The molecule has 0 saturated carbocycles. The molecule has 1 heterocycles. The van der Waals surface area contributed by atoms with E-state index in [0.29, 0.717) is 15.9 Å². The molecule has 0 aliphatic heterocycles. The van der Waals surface area contributed by atoms with Gasteiger partial charge in [-0.2, -0.15) is 8.42 Å². The van der Waals surface area contributed by atoms with E-state index < -0.39 is 10.1 Å². The lowest BCUT2D eigenvalue weighted by molar-refractivity contribution is 0.487. The maximum Gasteiger partial charge on any atom is 0.341 e. The summed E-state index contributed by atoms with van der Waals surface area (Å²) >= 11 is 11.7. The van der Waals surface area contributed by atoms with Crippen molar-refractivity contribution in [1.29, 1.82) is 0 Å². The third-order valence-electron chi connectivity index (χ3n) is 2.96. The number of rotatable bonds is 3. The summed E-state index contributed by atoms with van der Waals surface area (Å²) in [6, 6.07) is 12.6. The zero-order valence-electron chi connectivity index (χ0n) is 11.0. The highest BCUT2D eigenvalue weighted by atomic mass is 35.5. The standard InChI is InChI=1S/C15H9Cl2NO3S/c16-12-7-6-11(9-13(12)17)21-22(19,20)14-5-1-3-10-4-2-8-18-15(10)14/h1-9H. The van der Waals surface area contributed by atoms with Gasteiger partial charge in [-0.3, -0.25) is 4.98 Å². The van der Waals surface area contributed by atoms with E-state index in [1.54, 1.807) is 24.3 Å². The molecule has 0 radical (unpaired) electrons. The molecule has 3 aromatic rings. The van der Waals surface area contributed by atoms with E-state index in [4.69, 9.17) is 27.4 Å². The van der Waals surface area contributed by atoms with Crippen molar-refractivity contribution in [2.45, 2.75) is 4.90 Å². The molecular weight excluding hydrogens is 345 g/mol. The van der Waals surface area contributed by atoms with Crippen molar-refractivity contribution in [1.82, 2.24) is 4.98 Å². The van der Waals surface area contributed by atoms with Crippen molar-refractivity contribution in [2.75, 3.05) is 0 Å². The highest BCUT2D eigenvalue weighted by Gasteiger charge is 2.20. The fourth-order valence-corrected chi connectivity index (χ4v) is 3.37. The molecule has 4 nitrogen and oxygen atoms in total. The molecule has 0 aliphatic carbocycles. The van der Waals surface area contributed by atoms with E-state index in [9.17, 15) is 8.42 Å². The first-order valence-corrected chi connectivity index (χ1v) is 8.37. The normalized spacial score (nSPS) is 11.5. The lowest BCUT2D eigenvalue weighted by atomic mass is 10.2. The van der Waals surface area contributed by atoms with Gasteiger partial charge in [0.1, 0.15) is 10.6 Å². The number of aromatic nitrogens is 1. The lowest BCUT2D eigenvalue weighted by Gasteiger charge is -2.09. The summed E-state index contributed by atoms with van der Waals surface area (Å²) in [6.07, 6.45) is 1.53. The molecule has 0 atom stereocenters. The van der Waals surface area contributed by atoms with E-state index in [-0.39, 0.29) is 15.7 Å². The van der Waals surface area contributed by atoms with E-state index in [1.807, 2.05) is 0 Å². The number of pyridine rings is 1. The minimum atomic E-state index is -4.03. The monoisotopic (exact) mass is 353 g/mol. The van der Waals surface area contributed by atoms with E-state index in [1.165, 1.54) is 30.5 Å². The van der Waals surface area contributed by atoms with Crippen molar-refractivity contribution in [3.05, 3.63) is 64.8 Å². The Morgan fingerprint density at radius 1 is 0.955 bits per heavy atom. The predicted molar refractivity (Wildman–Crippen MR) is 86.0 cm³/mol. The molecule has 7 heteroatoms. The molecule has 2 aromatic carbocycles. The van der Waals surface area contributed by atoms with Crippen LogP contribution in [0.1, 0.15) is 0 Å². The fourth-order valence-electron chi connectivity index (χ4n) is 1.98. The molecule has 0 N–H and O–H groups in total. The van der Waals surface area contributed by atoms with E-state index in [0.717, 1.165) is 0 Å². The van der Waals surface area contributed by atoms with Gasteiger partial charge in [0.05, 0.1) is 15.6 Å². The summed E-state index contributed by atoms with van der Waals surface area (Å²) < 4.78 is 30.1. The van der Waals surface area contributed by atoms with E-state index >= 15 is 0 Å². The lowest BCUT2D eigenvalue weighted by Crippen LogP contribution is -2.10. The minimum absolute atomic E-state index is 0.00308. The van der Waals surface area contributed by atoms with Gasteiger partial charge in [0.15, 0.2) is 0 Å². The number of hydrogen-bond acceptors (Lipinski definition) is 4. The Balaban J connectivity index is 2.07. The summed E-state index contributed by atoms with van der Waals surface area (Å²) in [5.41, 5.74) is 0.352. The first-order chi connectivity index (χ1) is 10.5. The molecule has 0 aliphatic rings. The van der Waals surface area contributed by atoms with Crippen LogP contribution >= 0.6 is 23.2 Å². The summed E-state index contributed by atoms with van der Waals surface area (Å²) in [5.74, 6) is 0.0855. The molecule has 0 spiro atoms. The molecule has 1 aromatic heterocycles. The second kappa shape index (κ2) is 5.76. The van der Waals surface area contributed by atoms with Crippen molar-refractivity contribution in [2.24, 2.45) is 0 Å². The predicted octanol–water partition coefficient (Wildman–Crippen LogP) is 4.31. The highest BCUT2D eigenvalue weighted by Crippen LogP contribution is 2.29. The third kappa shape index (κ3) is 2.88. The molecule has 0 bridgehead atoms. The van der Waals surface area contributed by atoms with Gasteiger partial charge in [0, 0.05) is 17.6 Å². The number of halogens is 2. The van der Waals surface area contributed by atoms with Gasteiger partial charge in [-0.25, -0.2) is 0 Å². The Bertz CT molecular complexity index is 953. The molecule has 0 fully saturated rings. The maximum absolute atomic E-state index is 12.5. The second-order valence-corrected chi connectivity index (χ2v) is 6.77. The molecule has 3 rings (SSSR count). The van der Waals surface area contributed by atoms with Crippen molar-refractivity contribution in [3.8, 4) is 5.75 Å². The smallest absolute Gasteiger partial charge is 0.341 e. The van der Waals surface area contributed by atoms with Crippen LogP contribution in [0.5, 0.6) is 5.75 Å². The molecule has 112 valence electrons. The van der Waals surface area contributed by atoms with Crippen LogP contribution in [-0.2, 0) is 10.1 Å². The van der Waals surface area contributed by atoms with Crippen LogP contribution in [0.3, 0.4) is 0 Å². The summed E-state index contributed by atoms with van der Waals surface area (Å²) in [5, 5.41) is 1.24. The zero-order valence-corrected chi connectivity index (χ0v) is 13.4. The number of benzene rings is 2. The summed E-state index contributed by atoms with van der Waals surface area (Å²) in [7, 11) is -4.03. The zero-order chi connectivity index (χ0) is 15.7. The van der Waals surface area contributed by atoms with Crippen LogP contribution in [0.25, 0.3) is 10.9 Å². The van der Waals surface area contributed by atoms with Crippen LogP contribution in [0.2, 0.25) is 10.0 Å². The average Bonchev–Trinajstić information content (AvgIpc) is 2.50. The van der Waals surface area contributed by atoms with Crippen LogP contribution in [0.4, 0.5) is 0 Å². The topological polar surface area (TPSA) is 56.3 Å². The minimum Gasteiger partial charge on any atom is -0.379 e. The van der Waals surface area contributed by atoms with Crippen LogP contribution in [0.15, 0.2) is 59.6 Å². The Hall–Kier alpha value is -1.82. The van der Waals surface area contributed by atoms with Gasteiger partial charge in [-0.1, -0.05) is 41.4 Å². The third-order valence-corrected chi connectivity index (χ3v) is 4.98. The first kappa shape index (κ1) is 15.1. The Kier molecular flexibility index (Phi) is 3.95. The average molecular weight is 354 g/mol. The van der Waals surface area contributed by atoms with Crippen molar-refractivity contribution >= 4 is 44.2 Å². The number of fused-ring (bicyclic) bond motifs is 1. The molecule has 0 amide bonds. The van der Waals surface area contributed by atoms with Gasteiger partial charge in [0.2, 0.25) is 0 Å². The number of nitrogens with zero attached hydrogens (tertiary/aromatic N) is 1. The number of para-hydroxylation sites is 1. The molecule has 0 saturated heterocycles. The van der Waals surface area contributed by atoms with Crippen LogP contribution < -0.4 is 4.18 Å². The Morgan fingerprint density at radius 3 is 2.50 bits per heavy atom. The molecule has 0 unspecified atom stereocenters. The van der Waals surface area contributed by atoms with Gasteiger partial charge in [0.25, 0.3) is 0 Å². The summed E-state index contributed by atoms with van der Waals surface area (Å²) in [4.78, 5) is 4.11. The Labute approximate surface area is 137 Å². The van der Waals surface area contributed by atoms with Crippen molar-refractivity contribution < 1.29 is 12.6 Å². The second-order valence-electron chi connectivity index (χ2n) is 4.44. The first-order valence-electron chi connectivity index (χ1n) is 6.21. The van der Waals surface area contributed by atoms with Gasteiger partial charge in [-0.15, -0.1) is 0 Å². The fraction of sp³-hybridized carbons (Fsp3) is 0. The SMILES string of the molecule is O=S(=O)(Oc1ccc(Cl)c(Cl)c1)c1cccc2cccnc12. The van der Waals surface area contributed by atoms with Gasteiger partial charge in [-0.05, 0) is 24.3 Å². The molecule has 22 heavy (non-hydrogen) atoms. The van der Waals surface area contributed by atoms with Gasteiger partial charge < -0.3 is 4.18 Å². The highest BCUT2D eigenvalue weighted by molar-refractivity contribution is 7.87. The van der Waals surface area contributed by atoms with Crippen molar-refractivity contribution in [3.63, 3.8) is 0 Å². The molecular formula is C15H9Cl2NO3S. The van der Waals surface area contributed by atoms with Crippen LogP contribution in [0, 0.1) is 0 Å². The summed E-state index contributed by atoms with van der Waals surface area (Å²) in [6.45, 7) is 0. The Morgan fingerprint density at radius 2 is 1.73 bits per heavy atom. The van der Waals surface area contributed by atoms with Crippen LogP contribution in [-0.4, -0.2) is 13.4 Å². The maximum atomic E-state index is 12.5. The van der Waals surface area contributed by atoms with E-state index in [2.05, 4.69) is 4.98 Å². The quantitative estimate of drug-likeness (QED) is 0.658. The van der Waals surface area contributed by atoms with Gasteiger partial charge >= 0.3 is 10.1 Å². The largest absolute Gasteiger partial charge is 0.379 e. The number of hydrogen-bond donors (Lipinski definition) is 0.